The molecule has 2 nitrogen and oxygen atoms in total. The normalized spacial score (nSPS) is 10.6. The van der Waals surface area contributed by atoms with Crippen molar-refractivity contribution in [2.45, 2.75) is 27.7 Å². The molecule has 44 heavy (non-hydrogen) atoms. The molecule has 0 N–H and O–H groups in total. The van der Waals surface area contributed by atoms with E-state index in [4.69, 9.17) is 0 Å². The summed E-state index contributed by atoms with van der Waals surface area (Å²) in [5.74, 6) is 0. The summed E-state index contributed by atoms with van der Waals surface area (Å²) in [6.45, 7) is 12.8. The molecule has 0 aliphatic rings. The average Bonchev–Trinajstić information content (AvgIpc) is 3.09. The van der Waals surface area contributed by atoms with Crippen molar-refractivity contribution in [1.29, 1.82) is 0 Å². The van der Waals surface area contributed by atoms with E-state index < -0.39 is 0 Å². The van der Waals surface area contributed by atoms with E-state index in [9.17, 15) is 0 Å². The topological polar surface area (TPSA) is 6.48 Å². The third-order valence-corrected chi connectivity index (χ3v) is 8.38. The zero-order valence-corrected chi connectivity index (χ0v) is 26.6. The lowest BCUT2D eigenvalue weighted by Crippen LogP contribution is -2.21. The molecular weight excluding hydrogens is 532 g/mol. The fourth-order valence-corrected chi connectivity index (χ4v) is 5.87. The fourth-order valence-electron chi connectivity index (χ4n) is 5.87. The molecule has 0 bridgehead atoms. The second-order valence-corrected chi connectivity index (χ2v) is 10.9. The first-order valence-electron chi connectivity index (χ1n) is 16.0. The van der Waals surface area contributed by atoms with Gasteiger partial charge in [0.25, 0.3) is 0 Å². The lowest BCUT2D eigenvalue weighted by molar-refractivity contribution is 0.866. The Morgan fingerprint density at radius 2 is 0.682 bits per heavy atom. The maximum absolute atomic E-state index is 2.39. The van der Waals surface area contributed by atoms with E-state index in [-0.39, 0.29) is 0 Å². The van der Waals surface area contributed by atoms with Gasteiger partial charge in [-0.3, -0.25) is 0 Å². The molecule has 0 saturated carbocycles. The molecule has 0 saturated heterocycles. The van der Waals surface area contributed by atoms with E-state index in [1.807, 2.05) is 0 Å². The van der Waals surface area contributed by atoms with E-state index in [0.717, 1.165) is 26.2 Å². The first-order chi connectivity index (χ1) is 21.6. The van der Waals surface area contributed by atoms with Crippen LogP contribution >= 0.6 is 0 Å². The van der Waals surface area contributed by atoms with Crippen molar-refractivity contribution in [1.82, 2.24) is 0 Å². The van der Waals surface area contributed by atoms with Crippen molar-refractivity contribution < 1.29 is 0 Å². The minimum atomic E-state index is 0.996. The standard InChI is InChI=1S/C42H44N2/c1-5-43(6-2)39-27-23-35(24-28-39)42(36-25-29-40(30-26-36)44(7-3)8-4)32-38-22-16-15-21-37(38)31-41(33-17-11-9-12-18-33)34-19-13-10-14-20-34/h9-32H,5-8H2,1-4H3. The van der Waals surface area contributed by atoms with Crippen LogP contribution in [0.2, 0.25) is 0 Å². The maximum Gasteiger partial charge on any atom is 0.0366 e. The molecule has 0 amide bonds. The van der Waals surface area contributed by atoms with Crippen molar-refractivity contribution in [2.24, 2.45) is 0 Å². The minimum Gasteiger partial charge on any atom is -0.372 e. The Morgan fingerprint density at radius 1 is 0.386 bits per heavy atom. The van der Waals surface area contributed by atoms with Gasteiger partial charge in [0.2, 0.25) is 0 Å². The van der Waals surface area contributed by atoms with E-state index in [0.29, 0.717) is 0 Å². The molecule has 0 unspecified atom stereocenters. The Morgan fingerprint density at radius 3 is 1.00 bits per heavy atom. The quantitative estimate of drug-likeness (QED) is 0.136. The minimum absolute atomic E-state index is 0.996. The zero-order chi connectivity index (χ0) is 30.7. The van der Waals surface area contributed by atoms with Crippen LogP contribution in [-0.4, -0.2) is 26.2 Å². The summed E-state index contributed by atoms with van der Waals surface area (Å²) in [4.78, 5) is 4.78. The first kappa shape index (κ1) is 30.6. The van der Waals surface area contributed by atoms with E-state index in [1.165, 1.54) is 55.9 Å². The number of nitrogens with zero attached hydrogens (tertiary/aromatic N) is 2. The van der Waals surface area contributed by atoms with Crippen LogP contribution in [-0.2, 0) is 0 Å². The predicted molar refractivity (Wildman–Crippen MR) is 193 cm³/mol. The molecular formula is C42H44N2. The molecule has 0 radical (unpaired) electrons. The highest BCUT2D eigenvalue weighted by Gasteiger charge is 2.12. The summed E-state index contributed by atoms with van der Waals surface area (Å²) in [6.07, 6.45) is 4.69. The Balaban J connectivity index is 1.65. The molecule has 0 atom stereocenters. The van der Waals surface area contributed by atoms with Gasteiger partial charge in [-0.2, -0.15) is 0 Å². The van der Waals surface area contributed by atoms with Gasteiger partial charge in [-0.05, 0) is 109 Å². The third-order valence-electron chi connectivity index (χ3n) is 8.38. The largest absolute Gasteiger partial charge is 0.372 e. The van der Waals surface area contributed by atoms with Crippen LogP contribution in [0.5, 0.6) is 0 Å². The lowest BCUT2D eigenvalue weighted by atomic mass is 9.91. The maximum atomic E-state index is 2.39. The van der Waals surface area contributed by atoms with E-state index in [2.05, 4.69) is 183 Å². The van der Waals surface area contributed by atoms with Crippen molar-refractivity contribution in [3.63, 3.8) is 0 Å². The van der Waals surface area contributed by atoms with Crippen molar-refractivity contribution >= 4 is 34.7 Å². The van der Waals surface area contributed by atoms with Gasteiger partial charge in [0.05, 0.1) is 0 Å². The Kier molecular flexibility index (Phi) is 10.5. The van der Waals surface area contributed by atoms with Gasteiger partial charge in [-0.25, -0.2) is 0 Å². The van der Waals surface area contributed by atoms with Crippen LogP contribution in [0.1, 0.15) is 61.1 Å². The second-order valence-electron chi connectivity index (χ2n) is 10.9. The Hall–Kier alpha value is -4.82. The lowest BCUT2D eigenvalue weighted by Gasteiger charge is -2.22. The SMILES string of the molecule is CCN(CC)c1ccc(C(=Cc2ccccc2C=C(c2ccccc2)c2ccccc2)c2ccc(N(CC)CC)cc2)cc1. The first-order valence-corrected chi connectivity index (χ1v) is 16.0. The molecule has 5 aromatic carbocycles. The summed E-state index contributed by atoms with van der Waals surface area (Å²) >= 11 is 0. The highest BCUT2D eigenvalue weighted by atomic mass is 15.1. The zero-order valence-electron chi connectivity index (χ0n) is 26.6. The van der Waals surface area contributed by atoms with Crippen molar-refractivity contribution in [3.8, 4) is 0 Å². The van der Waals surface area contributed by atoms with Gasteiger partial charge in [0.15, 0.2) is 0 Å². The molecule has 2 heteroatoms. The molecule has 0 fully saturated rings. The molecule has 5 rings (SSSR count). The molecule has 0 spiro atoms. The van der Waals surface area contributed by atoms with Gasteiger partial charge >= 0.3 is 0 Å². The number of rotatable bonds is 12. The molecule has 0 aliphatic carbocycles. The Labute approximate surface area is 264 Å². The highest BCUT2D eigenvalue weighted by molar-refractivity contribution is 5.97. The van der Waals surface area contributed by atoms with Gasteiger partial charge < -0.3 is 9.80 Å². The van der Waals surface area contributed by atoms with E-state index in [1.54, 1.807) is 0 Å². The van der Waals surface area contributed by atoms with Gasteiger partial charge in [-0.15, -0.1) is 0 Å². The molecule has 0 aromatic heterocycles. The second kappa shape index (κ2) is 15.1. The predicted octanol–water partition coefficient (Wildman–Crippen LogP) is 10.6. The van der Waals surface area contributed by atoms with E-state index >= 15 is 0 Å². The van der Waals surface area contributed by atoms with Crippen LogP contribution in [0.15, 0.2) is 133 Å². The van der Waals surface area contributed by atoms with Crippen LogP contribution in [0, 0.1) is 0 Å². The number of anilines is 2. The Bertz CT molecular complexity index is 1560. The molecule has 0 heterocycles. The molecule has 222 valence electrons. The van der Waals surface area contributed by atoms with Gasteiger partial charge in [0, 0.05) is 37.6 Å². The molecule has 0 aliphatic heterocycles. The summed E-state index contributed by atoms with van der Waals surface area (Å²) in [7, 11) is 0. The van der Waals surface area contributed by atoms with Crippen LogP contribution in [0.25, 0.3) is 23.3 Å². The number of benzene rings is 5. The van der Waals surface area contributed by atoms with Gasteiger partial charge in [-0.1, -0.05) is 109 Å². The summed E-state index contributed by atoms with van der Waals surface area (Å²) in [5, 5.41) is 0. The van der Waals surface area contributed by atoms with Crippen LogP contribution in [0.3, 0.4) is 0 Å². The van der Waals surface area contributed by atoms with Crippen molar-refractivity contribution in [2.75, 3.05) is 36.0 Å². The molecule has 5 aromatic rings. The summed E-state index contributed by atoms with van der Waals surface area (Å²) in [6, 6.07) is 48.2. The third kappa shape index (κ3) is 7.21. The van der Waals surface area contributed by atoms with Crippen LogP contribution in [0.4, 0.5) is 11.4 Å². The highest BCUT2D eigenvalue weighted by Crippen LogP contribution is 2.32. The van der Waals surface area contributed by atoms with Crippen LogP contribution < -0.4 is 9.80 Å². The van der Waals surface area contributed by atoms with Crippen molar-refractivity contribution in [3.05, 3.63) is 167 Å². The summed E-state index contributed by atoms with van der Waals surface area (Å²) < 4.78 is 0. The van der Waals surface area contributed by atoms with Gasteiger partial charge in [0.1, 0.15) is 0 Å². The average molecular weight is 577 g/mol. The summed E-state index contributed by atoms with van der Waals surface area (Å²) in [5.41, 5.74) is 12.1. The fraction of sp³-hybridized carbons (Fsp3) is 0.190. The smallest absolute Gasteiger partial charge is 0.0366 e. The number of hydrogen-bond acceptors (Lipinski definition) is 2. The monoisotopic (exact) mass is 576 g/mol. The number of hydrogen-bond donors (Lipinski definition) is 0.